The number of hydrogen-bond donors (Lipinski definition) is 2. The molecule has 1 amide bonds. The van der Waals surface area contributed by atoms with Gasteiger partial charge in [-0.05, 0) is 51.1 Å². The third kappa shape index (κ3) is 5.09. The molecule has 0 aliphatic carbocycles. The molecular formula is C16H21ClN2O3. The normalized spacial score (nSPS) is 10.7. The largest absolute Gasteiger partial charge is 0.488 e. The quantitative estimate of drug-likeness (QED) is 0.901. The lowest BCUT2D eigenvalue weighted by Gasteiger charge is -2.21. The predicted molar refractivity (Wildman–Crippen MR) is 88.6 cm³/mol. The first-order chi connectivity index (χ1) is 9.87. The second kappa shape index (κ2) is 7.33. The molecular weight excluding hydrogens is 304 g/mol. The van der Waals surface area contributed by atoms with Crippen molar-refractivity contribution in [3.63, 3.8) is 0 Å². The summed E-state index contributed by atoms with van der Waals surface area (Å²) in [6.45, 7) is 6.22. The zero-order valence-corrected chi connectivity index (χ0v) is 13.7. The number of nitrogens with one attached hydrogen (secondary N) is 1. The van der Waals surface area contributed by atoms with E-state index in [0.29, 0.717) is 17.0 Å². The van der Waals surface area contributed by atoms with Crippen LogP contribution < -0.4 is 15.8 Å². The van der Waals surface area contributed by atoms with Crippen molar-refractivity contribution in [2.45, 2.75) is 32.9 Å². The summed E-state index contributed by atoms with van der Waals surface area (Å²) >= 11 is 0. The van der Waals surface area contributed by atoms with Crippen LogP contribution in [0.15, 0.2) is 41.0 Å². The summed E-state index contributed by atoms with van der Waals surface area (Å²) in [7, 11) is 0. The Morgan fingerprint density at radius 2 is 1.91 bits per heavy atom. The molecule has 0 aliphatic heterocycles. The van der Waals surface area contributed by atoms with Gasteiger partial charge in [0.15, 0.2) is 0 Å². The molecule has 1 heterocycles. The summed E-state index contributed by atoms with van der Waals surface area (Å²) in [6.07, 6.45) is 1.40. The summed E-state index contributed by atoms with van der Waals surface area (Å²) in [5, 5.41) is 2.79. The number of furan rings is 1. The third-order valence-electron chi connectivity index (χ3n) is 2.65. The molecule has 6 heteroatoms. The van der Waals surface area contributed by atoms with E-state index in [1.807, 2.05) is 32.9 Å². The number of ether oxygens (including phenoxy) is 1. The standard InChI is InChI=1S/C16H20N2O3.ClH/c1-16(2,3)21-13-6-4-12(5-7-13)18-15(19)11-8-14(9-17)20-10-11;/h4-8,10H,9,17H2,1-3H3,(H,18,19);1H. The first kappa shape index (κ1) is 18.1. The zero-order chi connectivity index (χ0) is 15.5. The maximum absolute atomic E-state index is 12.0. The van der Waals surface area contributed by atoms with Crippen molar-refractivity contribution in [3.8, 4) is 5.75 Å². The van der Waals surface area contributed by atoms with Gasteiger partial charge in [0.2, 0.25) is 0 Å². The van der Waals surface area contributed by atoms with Gasteiger partial charge in [-0.2, -0.15) is 0 Å². The highest BCUT2D eigenvalue weighted by Gasteiger charge is 2.12. The van der Waals surface area contributed by atoms with Gasteiger partial charge in [0.1, 0.15) is 23.4 Å². The number of benzene rings is 1. The van der Waals surface area contributed by atoms with Crippen LogP contribution in [0.3, 0.4) is 0 Å². The number of rotatable bonds is 4. The van der Waals surface area contributed by atoms with Gasteiger partial charge in [-0.1, -0.05) is 0 Å². The van der Waals surface area contributed by atoms with Crippen LogP contribution >= 0.6 is 12.4 Å². The predicted octanol–water partition coefficient (Wildman–Crippen LogP) is 3.59. The molecule has 0 radical (unpaired) electrons. The maximum Gasteiger partial charge on any atom is 0.258 e. The first-order valence-corrected chi connectivity index (χ1v) is 6.75. The van der Waals surface area contributed by atoms with E-state index >= 15 is 0 Å². The fraction of sp³-hybridized carbons (Fsp3) is 0.312. The van der Waals surface area contributed by atoms with Crippen LogP contribution in [0, 0.1) is 0 Å². The van der Waals surface area contributed by atoms with Gasteiger partial charge in [0.25, 0.3) is 5.91 Å². The summed E-state index contributed by atoms with van der Waals surface area (Å²) in [5.74, 6) is 1.10. The van der Waals surface area contributed by atoms with Crippen molar-refractivity contribution >= 4 is 24.0 Å². The van der Waals surface area contributed by atoms with Crippen molar-refractivity contribution in [3.05, 3.63) is 47.9 Å². The highest BCUT2D eigenvalue weighted by atomic mass is 35.5. The Morgan fingerprint density at radius 3 is 2.41 bits per heavy atom. The van der Waals surface area contributed by atoms with Gasteiger partial charge in [0, 0.05) is 5.69 Å². The van der Waals surface area contributed by atoms with E-state index in [1.54, 1.807) is 18.2 Å². The number of amides is 1. The van der Waals surface area contributed by atoms with Crippen molar-refractivity contribution in [2.24, 2.45) is 5.73 Å². The molecule has 0 fully saturated rings. The minimum absolute atomic E-state index is 0. The number of hydrogen-bond acceptors (Lipinski definition) is 4. The van der Waals surface area contributed by atoms with Gasteiger partial charge >= 0.3 is 0 Å². The Morgan fingerprint density at radius 1 is 1.27 bits per heavy atom. The minimum Gasteiger partial charge on any atom is -0.488 e. The molecule has 0 unspecified atom stereocenters. The molecule has 0 saturated carbocycles. The first-order valence-electron chi connectivity index (χ1n) is 6.75. The molecule has 2 aromatic rings. The molecule has 3 N–H and O–H groups in total. The Hall–Kier alpha value is -1.98. The number of halogens is 1. The minimum atomic E-state index is -0.250. The maximum atomic E-state index is 12.0. The van der Waals surface area contributed by atoms with E-state index in [-0.39, 0.29) is 30.5 Å². The highest BCUT2D eigenvalue weighted by Crippen LogP contribution is 2.21. The number of nitrogens with two attached hydrogens (primary N) is 1. The van der Waals surface area contributed by atoms with Gasteiger partial charge in [-0.25, -0.2) is 0 Å². The van der Waals surface area contributed by atoms with Crippen molar-refractivity contribution < 1.29 is 13.9 Å². The van der Waals surface area contributed by atoms with Crippen LogP contribution in [0.25, 0.3) is 0 Å². The summed E-state index contributed by atoms with van der Waals surface area (Å²) in [5.41, 5.74) is 6.33. The number of carbonyl (C=O) groups excluding carboxylic acids is 1. The van der Waals surface area contributed by atoms with Crippen LogP contribution in [0.1, 0.15) is 36.9 Å². The van der Waals surface area contributed by atoms with Crippen LogP contribution in [-0.4, -0.2) is 11.5 Å². The SMILES string of the molecule is CC(C)(C)Oc1ccc(NC(=O)c2coc(CN)c2)cc1.Cl. The molecule has 22 heavy (non-hydrogen) atoms. The molecule has 0 saturated heterocycles. The third-order valence-corrected chi connectivity index (χ3v) is 2.65. The van der Waals surface area contributed by atoms with E-state index < -0.39 is 0 Å². The van der Waals surface area contributed by atoms with E-state index in [1.165, 1.54) is 6.26 Å². The van der Waals surface area contributed by atoms with Gasteiger partial charge in [-0.3, -0.25) is 4.79 Å². The van der Waals surface area contributed by atoms with Crippen LogP contribution in [0.4, 0.5) is 5.69 Å². The molecule has 5 nitrogen and oxygen atoms in total. The molecule has 120 valence electrons. The molecule has 2 rings (SSSR count). The topological polar surface area (TPSA) is 77.5 Å². The molecule has 0 spiro atoms. The smallest absolute Gasteiger partial charge is 0.258 e. The van der Waals surface area contributed by atoms with Crippen LogP contribution in [0.5, 0.6) is 5.75 Å². The van der Waals surface area contributed by atoms with Crippen molar-refractivity contribution in [1.29, 1.82) is 0 Å². The van der Waals surface area contributed by atoms with Crippen molar-refractivity contribution in [1.82, 2.24) is 0 Å². The summed E-state index contributed by atoms with van der Waals surface area (Å²) < 4.78 is 10.9. The molecule has 1 aromatic carbocycles. The lowest BCUT2D eigenvalue weighted by molar-refractivity contribution is 0.102. The van der Waals surface area contributed by atoms with Gasteiger partial charge in [0.05, 0.1) is 12.1 Å². The molecule has 1 aromatic heterocycles. The Kier molecular flexibility index (Phi) is 6.02. The van der Waals surface area contributed by atoms with E-state index in [0.717, 1.165) is 5.75 Å². The Labute approximate surface area is 136 Å². The fourth-order valence-corrected chi connectivity index (χ4v) is 1.77. The van der Waals surface area contributed by atoms with E-state index in [9.17, 15) is 4.79 Å². The molecule has 0 atom stereocenters. The second-order valence-electron chi connectivity index (χ2n) is 5.70. The van der Waals surface area contributed by atoms with Crippen LogP contribution in [0.2, 0.25) is 0 Å². The van der Waals surface area contributed by atoms with Crippen LogP contribution in [-0.2, 0) is 6.54 Å². The zero-order valence-electron chi connectivity index (χ0n) is 12.9. The highest BCUT2D eigenvalue weighted by molar-refractivity contribution is 6.04. The molecule has 0 bridgehead atoms. The number of anilines is 1. The van der Waals surface area contributed by atoms with Gasteiger partial charge in [-0.15, -0.1) is 12.4 Å². The fourth-order valence-electron chi connectivity index (χ4n) is 1.77. The van der Waals surface area contributed by atoms with E-state index in [2.05, 4.69) is 5.32 Å². The average Bonchev–Trinajstić information content (AvgIpc) is 2.88. The lowest BCUT2D eigenvalue weighted by atomic mass is 10.2. The Balaban J connectivity index is 0.00000242. The van der Waals surface area contributed by atoms with Gasteiger partial charge < -0.3 is 20.2 Å². The monoisotopic (exact) mass is 324 g/mol. The summed E-state index contributed by atoms with van der Waals surface area (Å²) in [4.78, 5) is 12.0. The Bertz CT molecular complexity index is 615. The van der Waals surface area contributed by atoms with Crippen molar-refractivity contribution in [2.75, 3.05) is 5.32 Å². The summed E-state index contributed by atoms with van der Waals surface area (Å²) in [6, 6.07) is 8.86. The lowest BCUT2D eigenvalue weighted by Crippen LogP contribution is -2.22. The van der Waals surface area contributed by atoms with E-state index in [4.69, 9.17) is 14.9 Å². The average molecular weight is 325 g/mol. The number of carbonyl (C=O) groups is 1. The molecule has 0 aliphatic rings. The second-order valence-corrected chi connectivity index (χ2v) is 5.70.